The Morgan fingerprint density at radius 2 is 1.97 bits per heavy atom. The number of nitrogens with zero attached hydrogens (tertiary/aromatic N) is 4. The van der Waals surface area contributed by atoms with E-state index in [-0.39, 0.29) is 12.2 Å². The summed E-state index contributed by atoms with van der Waals surface area (Å²) in [5.41, 5.74) is 2.55. The van der Waals surface area contributed by atoms with Crippen LogP contribution >= 0.6 is 38.5 Å². The molecule has 4 aromatic rings. The molecule has 0 N–H and O–H groups in total. The Kier molecular flexibility index (Phi) is 8.95. The Morgan fingerprint density at radius 1 is 1.16 bits per heavy atom. The fourth-order valence-corrected chi connectivity index (χ4v) is 4.94. The zero-order chi connectivity index (χ0) is 26.4. The zero-order valence-electron chi connectivity index (χ0n) is 20.4. The van der Waals surface area contributed by atoms with E-state index in [2.05, 4.69) is 54.7 Å². The monoisotopic (exact) mass is 670 g/mol. The van der Waals surface area contributed by atoms with E-state index in [4.69, 9.17) is 9.47 Å². The van der Waals surface area contributed by atoms with Crippen molar-refractivity contribution in [3.8, 4) is 17.6 Å². The van der Waals surface area contributed by atoms with Gasteiger partial charge in [-0.2, -0.15) is 15.0 Å². The Labute approximate surface area is 237 Å². The van der Waals surface area contributed by atoms with E-state index in [1.54, 1.807) is 18.3 Å². The Balaban J connectivity index is 1.69. The summed E-state index contributed by atoms with van der Waals surface area (Å²) in [7, 11) is 0. The number of aryl methyl sites for hydroxylation is 1. The molecule has 0 aliphatic heterocycles. The molecule has 0 fully saturated rings. The second kappa shape index (κ2) is 12.3. The van der Waals surface area contributed by atoms with E-state index >= 15 is 0 Å². The highest BCUT2D eigenvalue weighted by atomic mass is 127. The highest BCUT2D eigenvalue weighted by molar-refractivity contribution is 14.1. The molecular weight excluding hydrogens is 647 g/mol. The molecule has 0 amide bonds. The van der Waals surface area contributed by atoms with Crippen LogP contribution in [0.1, 0.15) is 42.8 Å². The van der Waals surface area contributed by atoms with Crippen molar-refractivity contribution in [2.75, 3.05) is 6.61 Å². The lowest BCUT2D eigenvalue weighted by atomic mass is 10.1. The summed E-state index contributed by atoms with van der Waals surface area (Å²) in [5.74, 6) is 1.76. The second-order valence-electron chi connectivity index (χ2n) is 8.12. The Bertz CT molecular complexity index is 1580. The maximum absolute atomic E-state index is 13.3. The third-order valence-corrected chi connectivity index (χ3v) is 6.81. The smallest absolute Gasteiger partial charge is 0.282 e. The van der Waals surface area contributed by atoms with E-state index in [0.717, 1.165) is 25.6 Å². The molecular formula is C28H24BrIN4O3. The quantitative estimate of drug-likeness (QED) is 0.151. The number of aromatic nitrogens is 2. The lowest BCUT2D eigenvalue weighted by Crippen LogP contribution is -2.22. The molecule has 0 atom stereocenters. The Morgan fingerprint density at radius 3 is 2.73 bits per heavy atom. The Hall–Kier alpha value is -3.23. The van der Waals surface area contributed by atoms with Crippen LogP contribution in [0.2, 0.25) is 0 Å². The summed E-state index contributed by atoms with van der Waals surface area (Å²) < 4.78 is 15.0. The summed E-state index contributed by atoms with van der Waals surface area (Å²) >= 11 is 5.62. The van der Waals surface area contributed by atoms with Gasteiger partial charge in [0.15, 0.2) is 11.5 Å². The van der Waals surface area contributed by atoms with Gasteiger partial charge < -0.3 is 9.47 Å². The van der Waals surface area contributed by atoms with Crippen LogP contribution in [-0.4, -0.2) is 22.5 Å². The fraction of sp³-hybridized carbons (Fsp3) is 0.214. The van der Waals surface area contributed by atoms with Crippen LogP contribution < -0.4 is 15.0 Å². The van der Waals surface area contributed by atoms with Gasteiger partial charge in [0, 0.05) is 16.5 Å². The molecule has 1 aromatic heterocycles. The lowest BCUT2D eigenvalue weighted by molar-refractivity contribution is 0.267. The molecule has 188 valence electrons. The number of ether oxygens (including phenoxy) is 2. The van der Waals surface area contributed by atoms with E-state index in [0.29, 0.717) is 46.8 Å². The molecule has 0 unspecified atom stereocenters. The normalized spacial score (nSPS) is 11.1. The largest absolute Gasteiger partial charge is 0.490 e. The van der Waals surface area contributed by atoms with Crippen molar-refractivity contribution >= 4 is 55.6 Å². The van der Waals surface area contributed by atoms with Crippen LogP contribution in [0.4, 0.5) is 0 Å². The molecule has 0 aliphatic carbocycles. The minimum absolute atomic E-state index is 0.221. The summed E-state index contributed by atoms with van der Waals surface area (Å²) in [6.45, 7) is 4.63. The van der Waals surface area contributed by atoms with Crippen molar-refractivity contribution in [2.45, 2.75) is 33.3 Å². The number of nitriles is 1. The molecule has 0 saturated heterocycles. The van der Waals surface area contributed by atoms with Crippen molar-refractivity contribution in [3.63, 3.8) is 0 Å². The molecule has 0 radical (unpaired) electrons. The summed E-state index contributed by atoms with van der Waals surface area (Å²) in [4.78, 5) is 18.0. The van der Waals surface area contributed by atoms with E-state index < -0.39 is 0 Å². The number of fused-ring (bicyclic) bond motifs is 1. The van der Waals surface area contributed by atoms with Crippen LogP contribution in [0, 0.1) is 14.9 Å². The maximum atomic E-state index is 13.3. The van der Waals surface area contributed by atoms with E-state index in [9.17, 15) is 10.1 Å². The molecule has 9 heteroatoms. The molecule has 7 nitrogen and oxygen atoms in total. The van der Waals surface area contributed by atoms with Crippen LogP contribution in [0.25, 0.3) is 10.9 Å². The standard InChI is InChI=1S/C28H24BrIN4O3/c1-3-7-26-33-24-11-10-21(29)14-22(24)28(35)34(26)32-16-18-12-23(30)27(25(13-18)36-4-2)37-17-20-9-6-5-8-19(20)15-31/h5-6,8-14,16H,3-4,7,17H2,1-2H3. The molecule has 0 spiro atoms. The van der Waals surface area contributed by atoms with Gasteiger partial charge in [-0.15, -0.1) is 0 Å². The first kappa shape index (κ1) is 26.8. The van der Waals surface area contributed by atoms with Crippen molar-refractivity contribution in [3.05, 3.63) is 95.5 Å². The maximum Gasteiger partial charge on any atom is 0.282 e. The van der Waals surface area contributed by atoms with Gasteiger partial charge in [0.2, 0.25) is 0 Å². The molecule has 0 aliphatic rings. The van der Waals surface area contributed by atoms with Crippen LogP contribution in [0.3, 0.4) is 0 Å². The van der Waals surface area contributed by atoms with Gasteiger partial charge in [-0.1, -0.05) is 41.1 Å². The predicted molar refractivity (Wildman–Crippen MR) is 157 cm³/mol. The topological polar surface area (TPSA) is 89.5 Å². The minimum Gasteiger partial charge on any atom is -0.490 e. The van der Waals surface area contributed by atoms with Gasteiger partial charge in [0.25, 0.3) is 5.56 Å². The summed E-state index contributed by atoms with van der Waals surface area (Å²) in [6.07, 6.45) is 3.08. The van der Waals surface area contributed by atoms with E-state index in [1.165, 1.54) is 4.68 Å². The minimum atomic E-state index is -0.221. The van der Waals surface area contributed by atoms with Crippen LogP contribution in [0.15, 0.2) is 69.0 Å². The number of halogens is 2. The highest BCUT2D eigenvalue weighted by Gasteiger charge is 2.14. The van der Waals surface area contributed by atoms with Gasteiger partial charge in [0.05, 0.1) is 38.9 Å². The summed E-state index contributed by atoms with van der Waals surface area (Å²) in [5, 5.41) is 14.4. The van der Waals surface area contributed by atoms with Gasteiger partial charge in [-0.05, 0) is 77.9 Å². The van der Waals surface area contributed by atoms with Crippen LogP contribution in [0.5, 0.6) is 11.5 Å². The number of hydrogen-bond acceptors (Lipinski definition) is 6. The van der Waals surface area contributed by atoms with Crippen molar-refractivity contribution in [1.82, 2.24) is 9.66 Å². The van der Waals surface area contributed by atoms with Gasteiger partial charge >= 0.3 is 0 Å². The number of hydrogen-bond donors (Lipinski definition) is 0. The van der Waals surface area contributed by atoms with E-state index in [1.807, 2.05) is 56.3 Å². The third-order valence-electron chi connectivity index (χ3n) is 5.51. The third kappa shape index (κ3) is 6.19. The fourth-order valence-electron chi connectivity index (χ4n) is 3.79. The second-order valence-corrected chi connectivity index (χ2v) is 10.2. The lowest BCUT2D eigenvalue weighted by Gasteiger charge is -2.15. The predicted octanol–water partition coefficient (Wildman–Crippen LogP) is 6.45. The zero-order valence-corrected chi connectivity index (χ0v) is 24.1. The average Bonchev–Trinajstić information content (AvgIpc) is 2.89. The number of rotatable bonds is 9. The van der Waals surface area contributed by atoms with Gasteiger partial charge in [-0.3, -0.25) is 4.79 Å². The molecule has 1 heterocycles. The van der Waals surface area contributed by atoms with Crippen molar-refractivity contribution < 1.29 is 9.47 Å². The van der Waals surface area contributed by atoms with Crippen LogP contribution in [-0.2, 0) is 13.0 Å². The molecule has 3 aromatic carbocycles. The SMILES string of the molecule is CCCc1nc2ccc(Br)cc2c(=O)n1N=Cc1cc(I)c(OCc2ccccc2C#N)c(OCC)c1. The molecule has 0 bridgehead atoms. The number of benzene rings is 3. The first-order valence-corrected chi connectivity index (χ1v) is 13.6. The van der Waals surface area contributed by atoms with Gasteiger partial charge in [-0.25, -0.2) is 4.98 Å². The summed E-state index contributed by atoms with van der Waals surface area (Å²) in [6, 6.07) is 18.7. The van der Waals surface area contributed by atoms with Crippen molar-refractivity contribution in [2.24, 2.45) is 5.10 Å². The van der Waals surface area contributed by atoms with Crippen molar-refractivity contribution in [1.29, 1.82) is 5.26 Å². The highest BCUT2D eigenvalue weighted by Crippen LogP contribution is 2.34. The first-order valence-electron chi connectivity index (χ1n) is 11.8. The first-order chi connectivity index (χ1) is 17.9. The molecule has 0 saturated carbocycles. The van der Waals surface area contributed by atoms with Gasteiger partial charge in [0.1, 0.15) is 12.4 Å². The molecule has 4 rings (SSSR count). The average molecular weight is 671 g/mol. The molecule has 37 heavy (non-hydrogen) atoms.